The minimum atomic E-state index is -0.323. The summed E-state index contributed by atoms with van der Waals surface area (Å²) in [4.78, 5) is 1.17. The first-order valence-electron chi connectivity index (χ1n) is 6.12. The molecule has 0 aliphatic heterocycles. The van der Waals surface area contributed by atoms with E-state index in [2.05, 4.69) is 15.9 Å². The molecule has 1 atom stereocenters. The van der Waals surface area contributed by atoms with Gasteiger partial charge in [-0.25, -0.2) is 4.39 Å². The second-order valence-electron chi connectivity index (χ2n) is 4.46. The zero-order valence-corrected chi connectivity index (χ0v) is 13.8. The maximum absolute atomic E-state index is 13.0. The van der Waals surface area contributed by atoms with E-state index in [4.69, 9.17) is 17.3 Å². The fraction of sp³-hybridized carbons (Fsp3) is 0.200. The Hall–Kier alpha value is -0.550. The van der Waals surface area contributed by atoms with Gasteiger partial charge < -0.3 is 5.73 Å². The van der Waals surface area contributed by atoms with Crippen molar-refractivity contribution >= 4 is 39.3 Å². The van der Waals surface area contributed by atoms with Gasteiger partial charge in [0.2, 0.25) is 0 Å². The van der Waals surface area contributed by atoms with Crippen molar-refractivity contribution in [2.75, 3.05) is 5.75 Å². The standard InChI is InChI=1S/C15H14BrClFNS/c16-11-2-5-14(6-3-11)20-9-13(19)7-10-1-4-12(18)8-15(10)17/h1-6,8,13H,7,9,19H2. The van der Waals surface area contributed by atoms with Crippen molar-refractivity contribution in [2.45, 2.75) is 17.4 Å². The highest BCUT2D eigenvalue weighted by Gasteiger charge is 2.09. The molecule has 5 heteroatoms. The van der Waals surface area contributed by atoms with Crippen molar-refractivity contribution in [3.05, 3.63) is 63.3 Å². The van der Waals surface area contributed by atoms with Gasteiger partial charge in [0.05, 0.1) is 0 Å². The Balaban J connectivity index is 1.89. The van der Waals surface area contributed by atoms with Gasteiger partial charge in [-0.15, -0.1) is 11.8 Å². The van der Waals surface area contributed by atoms with Crippen LogP contribution in [0.4, 0.5) is 4.39 Å². The monoisotopic (exact) mass is 373 g/mol. The molecule has 2 rings (SSSR count). The van der Waals surface area contributed by atoms with Gasteiger partial charge in [-0.3, -0.25) is 0 Å². The summed E-state index contributed by atoms with van der Waals surface area (Å²) in [7, 11) is 0. The number of thioether (sulfide) groups is 1. The third kappa shape index (κ3) is 4.77. The zero-order chi connectivity index (χ0) is 14.5. The van der Waals surface area contributed by atoms with E-state index < -0.39 is 0 Å². The Morgan fingerprint density at radius 1 is 1.20 bits per heavy atom. The smallest absolute Gasteiger partial charge is 0.124 e. The second-order valence-corrected chi connectivity index (χ2v) is 6.88. The molecule has 0 bridgehead atoms. The zero-order valence-electron chi connectivity index (χ0n) is 10.7. The molecule has 20 heavy (non-hydrogen) atoms. The molecule has 0 spiro atoms. The van der Waals surface area contributed by atoms with Gasteiger partial charge >= 0.3 is 0 Å². The summed E-state index contributed by atoms with van der Waals surface area (Å²) in [6, 6.07) is 12.5. The lowest BCUT2D eigenvalue weighted by Gasteiger charge is -2.12. The minimum Gasteiger partial charge on any atom is -0.327 e. The summed E-state index contributed by atoms with van der Waals surface area (Å²) < 4.78 is 14.0. The van der Waals surface area contributed by atoms with Crippen molar-refractivity contribution in [2.24, 2.45) is 5.73 Å². The number of benzene rings is 2. The van der Waals surface area contributed by atoms with E-state index in [-0.39, 0.29) is 11.9 Å². The molecule has 0 saturated carbocycles. The number of hydrogen-bond donors (Lipinski definition) is 1. The fourth-order valence-electron chi connectivity index (χ4n) is 1.76. The van der Waals surface area contributed by atoms with Crippen LogP contribution in [0, 0.1) is 5.82 Å². The lowest BCUT2D eigenvalue weighted by atomic mass is 10.1. The second kappa shape index (κ2) is 7.46. The van der Waals surface area contributed by atoms with Crippen molar-refractivity contribution in [1.82, 2.24) is 0 Å². The average molecular weight is 375 g/mol. The molecule has 106 valence electrons. The first kappa shape index (κ1) is 15.8. The topological polar surface area (TPSA) is 26.0 Å². The quantitative estimate of drug-likeness (QED) is 0.753. The van der Waals surface area contributed by atoms with Crippen LogP contribution in [0.5, 0.6) is 0 Å². The van der Waals surface area contributed by atoms with Gasteiger partial charge in [-0.2, -0.15) is 0 Å². The van der Waals surface area contributed by atoms with Crippen LogP contribution in [0.1, 0.15) is 5.56 Å². The first-order chi connectivity index (χ1) is 9.54. The molecule has 0 aliphatic carbocycles. The SMILES string of the molecule is NC(CSc1ccc(Br)cc1)Cc1ccc(F)cc1Cl. The molecule has 2 aromatic carbocycles. The van der Waals surface area contributed by atoms with E-state index in [0.717, 1.165) is 15.8 Å². The molecule has 0 radical (unpaired) electrons. The molecule has 0 heterocycles. The number of halogens is 3. The van der Waals surface area contributed by atoms with E-state index in [1.165, 1.54) is 17.0 Å². The number of rotatable bonds is 5. The van der Waals surface area contributed by atoms with Crippen LogP contribution in [0.2, 0.25) is 5.02 Å². The van der Waals surface area contributed by atoms with Gasteiger partial charge in [-0.1, -0.05) is 33.6 Å². The van der Waals surface area contributed by atoms with Gasteiger partial charge in [0.25, 0.3) is 0 Å². The Morgan fingerprint density at radius 3 is 2.55 bits per heavy atom. The molecule has 0 aromatic heterocycles. The Bertz CT molecular complexity index is 577. The predicted molar refractivity (Wildman–Crippen MR) is 88.0 cm³/mol. The first-order valence-corrected chi connectivity index (χ1v) is 8.28. The Labute approximate surface area is 135 Å². The van der Waals surface area contributed by atoms with E-state index in [0.29, 0.717) is 11.4 Å². The summed E-state index contributed by atoms with van der Waals surface area (Å²) >= 11 is 11.1. The van der Waals surface area contributed by atoms with Crippen molar-refractivity contribution < 1.29 is 4.39 Å². The summed E-state index contributed by atoms with van der Waals surface area (Å²) in [5.41, 5.74) is 6.99. The highest BCUT2D eigenvalue weighted by molar-refractivity contribution is 9.10. The highest BCUT2D eigenvalue weighted by Crippen LogP contribution is 2.23. The fourth-order valence-corrected chi connectivity index (χ4v) is 3.12. The van der Waals surface area contributed by atoms with Crippen LogP contribution in [0.25, 0.3) is 0 Å². The molecular formula is C15H14BrClFNS. The number of hydrogen-bond acceptors (Lipinski definition) is 2. The van der Waals surface area contributed by atoms with Crippen LogP contribution in [-0.4, -0.2) is 11.8 Å². The van der Waals surface area contributed by atoms with Crippen molar-refractivity contribution in [3.63, 3.8) is 0 Å². The van der Waals surface area contributed by atoms with E-state index in [1.54, 1.807) is 17.8 Å². The molecule has 2 aromatic rings. The molecule has 1 unspecified atom stereocenters. The lowest BCUT2D eigenvalue weighted by molar-refractivity contribution is 0.626. The normalized spacial score (nSPS) is 12.4. The molecule has 0 fully saturated rings. The van der Waals surface area contributed by atoms with Crippen LogP contribution in [0.3, 0.4) is 0 Å². The Kier molecular flexibility index (Phi) is 5.90. The van der Waals surface area contributed by atoms with Crippen molar-refractivity contribution in [3.8, 4) is 0 Å². The Morgan fingerprint density at radius 2 is 1.90 bits per heavy atom. The predicted octanol–water partition coefficient (Wildman–Crippen LogP) is 4.90. The van der Waals surface area contributed by atoms with Crippen LogP contribution in [-0.2, 0) is 6.42 Å². The van der Waals surface area contributed by atoms with Crippen LogP contribution in [0.15, 0.2) is 51.8 Å². The van der Waals surface area contributed by atoms with E-state index in [1.807, 2.05) is 24.3 Å². The molecule has 1 nitrogen and oxygen atoms in total. The molecule has 0 saturated heterocycles. The maximum Gasteiger partial charge on any atom is 0.124 e. The molecule has 0 aliphatic rings. The van der Waals surface area contributed by atoms with Gasteiger partial charge in [0.1, 0.15) is 5.82 Å². The van der Waals surface area contributed by atoms with Crippen molar-refractivity contribution in [1.29, 1.82) is 0 Å². The summed E-state index contributed by atoms with van der Waals surface area (Å²) in [6.45, 7) is 0. The highest BCUT2D eigenvalue weighted by atomic mass is 79.9. The summed E-state index contributed by atoms with van der Waals surface area (Å²) in [5.74, 6) is 0.464. The van der Waals surface area contributed by atoms with Gasteiger partial charge in [-0.05, 0) is 48.4 Å². The largest absolute Gasteiger partial charge is 0.327 e. The van der Waals surface area contributed by atoms with Gasteiger partial charge in [0, 0.05) is 26.2 Å². The van der Waals surface area contributed by atoms with E-state index >= 15 is 0 Å². The summed E-state index contributed by atoms with van der Waals surface area (Å²) in [5, 5.41) is 0.439. The van der Waals surface area contributed by atoms with Gasteiger partial charge in [0.15, 0.2) is 0 Å². The van der Waals surface area contributed by atoms with Crippen LogP contribution >= 0.6 is 39.3 Å². The third-order valence-electron chi connectivity index (χ3n) is 2.77. The summed E-state index contributed by atoms with van der Waals surface area (Å²) in [6.07, 6.45) is 0.642. The lowest BCUT2D eigenvalue weighted by Crippen LogP contribution is -2.25. The maximum atomic E-state index is 13.0. The van der Waals surface area contributed by atoms with E-state index in [9.17, 15) is 4.39 Å². The third-order valence-corrected chi connectivity index (χ3v) is 4.86. The average Bonchev–Trinajstić information content (AvgIpc) is 2.41. The minimum absolute atomic E-state index is 0.0217. The number of nitrogens with two attached hydrogens (primary N) is 1. The molecule has 0 amide bonds. The molecule has 2 N–H and O–H groups in total. The molecular weight excluding hydrogens is 361 g/mol. The van der Waals surface area contributed by atoms with Crippen LogP contribution < -0.4 is 5.73 Å².